The van der Waals surface area contributed by atoms with Crippen molar-refractivity contribution in [3.8, 4) is 21.0 Å². The van der Waals surface area contributed by atoms with Crippen LogP contribution in [0.25, 0.3) is 21.0 Å². The second-order valence-corrected chi connectivity index (χ2v) is 6.74. The van der Waals surface area contributed by atoms with Crippen molar-refractivity contribution < 1.29 is 14.5 Å². The summed E-state index contributed by atoms with van der Waals surface area (Å²) in [7, 11) is 0. The summed E-state index contributed by atoms with van der Waals surface area (Å²) in [6.45, 7) is 4.02. The van der Waals surface area contributed by atoms with Gasteiger partial charge in [0.1, 0.15) is 5.01 Å². The van der Waals surface area contributed by atoms with E-state index in [4.69, 9.17) is 4.74 Å². The van der Waals surface area contributed by atoms with E-state index in [1.807, 2.05) is 25.1 Å². The Bertz CT molecular complexity index is 983. The fourth-order valence-electron chi connectivity index (χ4n) is 2.56. The molecule has 0 aliphatic rings. The lowest BCUT2D eigenvalue weighted by Gasteiger charge is -2.08. The molecule has 8 heteroatoms. The molecule has 1 amide bonds. The first-order valence-corrected chi connectivity index (χ1v) is 9.05. The number of amides is 1. The Hall–Kier alpha value is -3.26. The molecule has 1 heterocycles. The maximum absolute atomic E-state index is 11.5. The maximum atomic E-state index is 11.5. The molecule has 0 radical (unpaired) electrons. The number of carbonyl (C=O) groups is 1. The number of ether oxygens (including phenoxy) is 1. The number of thiazole rings is 1. The van der Waals surface area contributed by atoms with Crippen molar-refractivity contribution in [1.29, 1.82) is 0 Å². The second-order valence-electron chi connectivity index (χ2n) is 5.71. The highest BCUT2D eigenvalue weighted by molar-refractivity contribution is 7.18. The fraction of sp³-hybridized carbons (Fsp3) is 0.158. The number of anilines is 1. The summed E-state index contributed by atoms with van der Waals surface area (Å²) in [5.74, 6) is 0. The predicted octanol–water partition coefficient (Wildman–Crippen LogP) is 5.26. The van der Waals surface area contributed by atoms with Crippen molar-refractivity contribution in [2.75, 3.05) is 11.9 Å². The van der Waals surface area contributed by atoms with Crippen molar-refractivity contribution >= 4 is 28.8 Å². The number of nitrogens with one attached hydrogen (secondary N) is 1. The summed E-state index contributed by atoms with van der Waals surface area (Å²) in [6, 6.07) is 11.9. The van der Waals surface area contributed by atoms with Crippen LogP contribution in [0.15, 0.2) is 48.7 Å². The molecule has 0 saturated carbocycles. The van der Waals surface area contributed by atoms with E-state index in [-0.39, 0.29) is 5.69 Å². The van der Waals surface area contributed by atoms with Gasteiger partial charge in [0.25, 0.3) is 5.69 Å². The normalized spacial score (nSPS) is 10.4. The Morgan fingerprint density at radius 2 is 2.00 bits per heavy atom. The average molecular weight is 383 g/mol. The number of nitro groups is 1. The minimum absolute atomic E-state index is 0.0519. The highest BCUT2D eigenvalue weighted by Gasteiger charge is 2.12. The van der Waals surface area contributed by atoms with Crippen molar-refractivity contribution in [3.63, 3.8) is 0 Å². The van der Waals surface area contributed by atoms with Crippen LogP contribution >= 0.6 is 11.3 Å². The number of carbonyl (C=O) groups excluding carboxylic acids is 1. The minimum atomic E-state index is -0.483. The Balaban J connectivity index is 1.81. The number of nitro benzene ring substituents is 1. The van der Waals surface area contributed by atoms with E-state index in [1.165, 1.54) is 23.5 Å². The van der Waals surface area contributed by atoms with Gasteiger partial charge in [-0.1, -0.05) is 6.07 Å². The zero-order valence-electron chi connectivity index (χ0n) is 14.8. The van der Waals surface area contributed by atoms with Crippen LogP contribution in [0.2, 0.25) is 0 Å². The van der Waals surface area contributed by atoms with E-state index in [0.717, 1.165) is 26.6 Å². The molecule has 0 spiro atoms. The molecule has 0 saturated heterocycles. The molecule has 138 valence electrons. The first kappa shape index (κ1) is 18.5. The summed E-state index contributed by atoms with van der Waals surface area (Å²) in [6.07, 6.45) is 1.30. The lowest BCUT2D eigenvalue weighted by Crippen LogP contribution is -2.13. The molecule has 1 N–H and O–H groups in total. The molecule has 7 nitrogen and oxygen atoms in total. The molecule has 0 bridgehead atoms. The van der Waals surface area contributed by atoms with Gasteiger partial charge in [0.15, 0.2) is 0 Å². The number of aryl methyl sites for hydroxylation is 1. The van der Waals surface area contributed by atoms with Gasteiger partial charge < -0.3 is 4.74 Å². The van der Waals surface area contributed by atoms with E-state index < -0.39 is 11.0 Å². The van der Waals surface area contributed by atoms with Crippen LogP contribution in [-0.2, 0) is 4.74 Å². The standard InChI is InChI=1S/C19H17N3O4S/c1-3-26-19(23)21-14-6-9-16(12(2)10-14)17-11-20-18(27-17)13-4-7-15(8-5-13)22(24)25/h4-11H,3H2,1-2H3,(H,21,23). The molecule has 3 aromatic rings. The molecule has 0 aliphatic carbocycles. The highest BCUT2D eigenvalue weighted by atomic mass is 32.1. The van der Waals surface area contributed by atoms with Gasteiger partial charge >= 0.3 is 6.09 Å². The van der Waals surface area contributed by atoms with E-state index in [2.05, 4.69) is 10.3 Å². The third-order valence-electron chi connectivity index (χ3n) is 3.84. The number of nitrogens with zero attached hydrogens (tertiary/aromatic N) is 2. The number of hydrogen-bond donors (Lipinski definition) is 1. The Morgan fingerprint density at radius 1 is 1.26 bits per heavy atom. The molecular formula is C19H17N3O4S. The Kier molecular flexibility index (Phi) is 5.46. The van der Waals surface area contributed by atoms with E-state index in [1.54, 1.807) is 25.3 Å². The van der Waals surface area contributed by atoms with Crippen LogP contribution in [0.3, 0.4) is 0 Å². The molecule has 0 atom stereocenters. The Labute approximate surface area is 159 Å². The topological polar surface area (TPSA) is 94.4 Å². The SMILES string of the molecule is CCOC(=O)Nc1ccc(-c2cnc(-c3ccc([N+](=O)[O-])cc3)s2)c(C)c1. The lowest BCUT2D eigenvalue weighted by atomic mass is 10.1. The van der Waals surface area contributed by atoms with Gasteiger partial charge in [0.2, 0.25) is 0 Å². The summed E-state index contributed by atoms with van der Waals surface area (Å²) in [5.41, 5.74) is 3.54. The molecule has 3 rings (SSSR count). The van der Waals surface area contributed by atoms with Gasteiger partial charge in [-0.15, -0.1) is 11.3 Å². The van der Waals surface area contributed by atoms with Crippen molar-refractivity contribution in [1.82, 2.24) is 4.98 Å². The monoisotopic (exact) mass is 383 g/mol. The van der Waals surface area contributed by atoms with Gasteiger partial charge in [-0.2, -0.15) is 0 Å². The van der Waals surface area contributed by atoms with Crippen molar-refractivity contribution in [2.45, 2.75) is 13.8 Å². The first-order valence-electron chi connectivity index (χ1n) is 8.23. The molecular weight excluding hydrogens is 366 g/mol. The summed E-state index contributed by atoms with van der Waals surface area (Å²) in [5, 5.41) is 14.2. The number of hydrogen-bond acceptors (Lipinski definition) is 6. The lowest BCUT2D eigenvalue weighted by molar-refractivity contribution is -0.384. The molecule has 1 aromatic heterocycles. The maximum Gasteiger partial charge on any atom is 0.411 e. The summed E-state index contributed by atoms with van der Waals surface area (Å²) in [4.78, 5) is 27.3. The molecule has 0 aliphatic heterocycles. The number of benzene rings is 2. The molecule has 27 heavy (non-hydrogen) atoms. The number of aromatic nitrogens is 1. The van der Waals surface area contributed by atoms with Crippen LogP contribution in [-0.4, -0.2) is 22.6 Å². The van der Waals surface area contributed by atoms with Gasteiger partial charge in [-0.25, -0.2) is 9.78 Å². The zero-order chi connectivity index (χ0) is 19.4. The van der Waals surface area contributed by atoms with Gasteiger partial charge in [-0.3, -0.25) is 15.4 Å². The smallest absolute Gasteiger partial charge is 0.411 e. The second kappa shape index (κ2) is 7.96. The van der Waals surface area contributed by atoms with E-state index in [0.29, 0.717) is 12.3 Å². The highest BCUT2D eigenvalue weighted by Crippen LogP contribution is 2.35. The summed E-state index contributed by atoms with van der Waals surface area (Å²) >= 11 is 1.50. The van der Waals surface area contributed by atoms with E-state index >= 15 is 0 Å². The van der Waals surface area contributed by atoms with Crippen molar-refractivity contribution in [2.24, 2.45) is 0 Å². The molecule has 2 aromatic carbocycles. The molecule has 0 unspecified atom stereocenters. The van der Waals surface area contributed by atoms with Crippen molar-refractivity contribution in [3.05, 3.63) is 64.3 Å². The largest absolute Gasteiger partial charge is 0.450 e. The number of non-ortho nitro benzene ring substituents is 1. The van der Waals surface area contributed by atoms with Gasteiger partial charge in [0, 0.05) is 29.6 Å². The third kappa shape index (κ3) is 4.29. The van der Waals surface area contributed by atoms with Crippen LogP contribution in [0.1, 0.15) is 12.5 Å². The molecule has 0 fully saturated rings. The number of rotatable bonds is 5. The predicted molar refractivity (Wildman–Crippen MR) is 105 cm³/mol. The zero-order valence-corrected chi connectivity index (χ0v) is 15.6. The first-order chi connectivity index (χ1) is 13.0. The van der Waals surface area contributed by atoms with Gasteiger partial charge in [0.05, 0.1) is 16.4 Å². The quantitative estimate of drug-likeness (QED) is 0.479. The van der Waals surface area contributed by atoms with E-state index in [9.17, 15) is 14.9 Å². The Morgan fingerprint density at radius 3 is 2.63 bits per heavy atom. The van der Waals surface area contributed by atoms with Gasteiger partial charge in [-0.05, 0) is 49.2 Å². The fourth-order valence-corrected chi connectivity index (χ4v) is 3.57. The van der Waals surface area contributed by atoms with Crippen LogP contribution < -0.4 is 5.32 Å². The minimum Gasteiger partial charge on any atom is -0.450 e. The summed E-state index contributed by atoms with van der Waals surface area (Å²) < 4.78 is 4.88. The van der Waals surface area contributed by atoms with Crippen LogP contribution in [0, 0.1) is 17.0 Å². The third-order valence-corrected chi connectivity index (χ3v) is 4.92. The average Bonchev–Trinajstić information content (AvgIpc) is 3.12. The van der Waals surface area contributed by atoms with Crippen LogP contribution in [0.5, 0.6) is 0 Å². The van der Waals surface area contributed by atoms with Crippen LogP contribution in [0.4, 0.5) is 16.2 Å².